The first kappa shape index (κ1) is 27.0. The van der Waals surface area contributed by atoms with Gasteiger partial charge in [-0.1, -0.05) is 6.07 Å². The fourth-order valence-corrected chi connectivity index (χ4v) is 4.17. The number of hydrogen-bond donors (Lipinski definition) is 3. The normalized spacial score (nSPS) is 17.3. The number of amides is 1. The lowest BCUT2D eigenvalue weighted by atomic mass is 9.80. The Morgan fingerprint density at radius 2 is 1.87 bits per heavy atom. The molecule has 38 heavy (non-hydrogen) atoms. The van der Waals surface area contributed by atoms with Gasteiger partial charge in [0.15, 0.2) is 5.78 Å². The lowest BCUT2D eigenvalue weighted by Crippen LogP contribution is -2.42. The number of ether oxygens (including phenoxy) is 1. The van der Waals surface area contributed by atoms with E-state index in [1.54, 1.807) is 0 Å². The van der Waals surface area contributed by atoms with Crippen LogP contribution < -0.4 is 16.4 Å². The van der Waals surface area contributed by atoms with Crippen LogP contribution >= 0.6 is 0 Å². The van der Waals surface area contributed by atoms with Gasteiger partial charge in [0, 0.05) is 48.8 Å². The Hall–Kier alpha value is -4.06. The van der Waals surface area contributed by atoms with Crippen molar-refractivity contribution in [2.24, 2.45) is 5.41 Å². The van der Waals surface area contributed by atoms with E-state index in [9.17, 15) is 31.5 Å². The van der Waals surface area contributed by atoms with Crippen LogP contribution in [0, 0.1) is 17.0 Å². The third kappa shape index (κ3) is 6.08. The molecular formula is C26H23F5N4O3. The fraction of sp³-hybridized carbons (Fsp3) is 0.269. The Morgan fingerprint density at radius 1 is 1.08 bits per heavy atom. The van der Waals surface area contributed by atoms with Crippen molar-refractivity contribution in [3.8, 4) is 0 Å². The molecule has 0 radical (unpaired) electrons. The van der Waals surface area contributed by atoms with Crippen molar-refractivity contribution in [3.63, 3.8) is 0 Å². The second-order valence-electron chi connectivity index (χ2n) is 8.99. The van der Waals surface area contributed by atoms with E-state index in [1.807, 2.05) is 0 Å². The summed E-state index contributed by atoms with van der Waals surface area (Å²) >= 11 is 0. The molecule has 4 rings (SSSR count). The summed E-state index contributed by atoms with van der Waals surface area (Å²) < 4.78 is 73.2. The van der Waals surface area contributed by atoms with Crippen molar-refractivity contribution in [3.05, 3.63) is 83.2 Å². The molecule has 1 atom stereocenters. The predicted molar refractivity (Wildman–Crippen MR) is 128 cm³/mol. The minimum atomic E-state index is -4.82. The van der Waals surface area contributed by atoms with Crippen LogP contribution in [0.15, 0.2) is 54.9 Å². The molecule has 12 heteroatoms. The van der Waals surface area contributed by atoms with Crippen molar-refractivity contribution >= 4 is 28.8 Å². The summed E-state index contributed by atoms with van der Waals surface area (Å²) in [4.78, 5) is 29.8. The molecule has 0 bridgehead atoms. The van der Waals surface area contributed by atoms with E-state index in [4.69, 9.17) is 10.5 Å². The highest BCUT2D eigenvalue weighted by molar-refractivity contribution is 6.00. The van der Waals surface area contributed by atoms with Crippen LogP contribution in [0.25, 0.3) is 0 Å². The molecule has 1 aromatic heterocycles. The number of nitrogens with zero attached hydrogens (tertiary/aromatic N) is 1. The van der Waals surface area contributed by atoms with Crippen LogP contribution in [0.5, 0.6) is 0 Å². The standard InChI is InChI=1S/C26H23F5N4O3/c27-17-2-4-22(20(8-17)26(29,30)31)35-19-3-1-15(21(28)9-19)12-34-24(37)25(5-6-38-14-25)10-23(36)16-7-18(32)13-33-11-16/h1-4,7-9,11,13,35H,5-6,10,12,14,32H2,(H,34,37)/t25-/m0/s1. The van der Waals surface area contributed by atoms with E-state index in [1.165, 1.54) is 30.6 Å². The van der Waals surface area contributed by atoms with Crippen LogP contribution in [0.3, 0.4) is 0 Å². The van der Waals surface area contributed by atoms with Gasteiger partial charge in [-0.05, 0) is 42.8 Å². The van der Waals surface area contributed by atoms with E-state index in [0.717, 1.165) is 18.2 Å². The predicted octanol–water partition coefficient (Wildman–Crippen LogP) is 5.00. The van der Waals surface area contributed by atoms with Gasteiger partial charge in [-0.3, -0.25) is 14.6 Å². The highest BCUT2D eigenvalue weighted by atomic mass is 19.4. The monoisotopic (exact) mass is 534 g/mol. The molecule has 0 spiro atoms. The Kier molecular flexibility index (Phi) is 7.63. The number of benzene rings is 2. The number of alkyl halides is 3. The number of anilines is 3. The molecule has 2 heterocycles. The van der Waals surface area contributed by atoms with Crippen LogP contribution in [-0.2, 0) is 22.3 Å². The molecule has 0 saturated carbocycles. The van der Waals surface area contributed by atoms with E-state index >= 15 is 0 Å². The zero-order chi connectivity index (χ0) is 27.5. The van der Waals surface area contributed by atoms with Gasteiger partial charge >= 0.3 is 6.18 Å². The first-order valence-corrected chi connectivity index (χ1v) is 11.5. The molecule has 7 nitrogen and oxygen atoms in total. The van der Waals surface area contributed by atoms with Gasteiger partial charge in [-0.15, -0.1) is 0 Å². The molecule has 2 aromatic carbocycles. The summed E-state index contributed by atoms with van der Waals surface area (Å²) in [5.41, 5.74) is 3.48. The molecule has 200 valence electrons. The minimum absolute atomic E-state index is 0.00307. The van der Waals surface area contributed by atoms with Gasteiger partial charge in [0.2, 0.25) is 5.91 Å². The number of nitrogen functional groups attached to an aromatic ring is 1. The molecule has 0 aliphatic carbocycles. The third-order valence-electron chi connectivity index (χ3n) is 6.22. The van der Waals surface area contributed by atoms with E-state index < -0.39 is 40.4 Å². The SMILES string of the molecule is Nc1cncc(C(=O)C[C@@]2(C(=O)NCc3ccc(Nc4ccc(F)cc4C(F)(F)F)cc3F)CCOC2)c1. The summed E-state index contributed by atoms with van der Waals surface area (Å²) in [5, 5.41) is 5.08. The van der Waals surface area contributed by atoms with E-state index in [-0.39, 0.29) is 55.2 Å². The maximum Gasteiger partial charge on any atom is 0.418 e. The molecule has 1 amide bonds. The lowest BCUT2D eigenvalue weighted by Gasteiger charge is -2.25. The minimum Gasteiger partial charge on any atom is -0.397 e. The number of ketones is 1. The molecule has 3 aromatic rings. The molecular weight excluding hydrogens is 511 g/mol. The zero-order valence-corrected chi connectivity index (χ0v) is 19.9. The van der Waals surface area contributed by atoms with Gasteiger partial charge in [0.25, 0.3) is 0 Å². The van der Waals surface area contributed by atoms with Crippen LogP contribution in [0.4, 0.5) is 39.0 Å². The molecule has 0 unspecified atom stereocenters. The number of rotatable bonds is 8. The fourth-order valence-electron chi connectivity index (χ4n) is 4.17. The average Bonchev–Trinajstić information content (AvgIpc) is 3.33. The summed E-state index contributed by atoms with van der Waals surface area (Å²) in [6.45, 7) is 0.0455. The molecule has 4 N–H and O–H groups in total. The van der Waals surface area contributed by atoms with Crippen LogP contribution in [-0.4, -0.2) is 29.9 Å². The maximum absolute atomic E-state index is 14.8. The number of carbonyl (C=O) groups excluding carboxylic acids is 2. The van der Waals surface area contributed by atoms with Crippen molar-refractivity contribution < 1.29 is 36.3 Å². The van der Waals surface area contributed by atoms with Crippen LogP contribution in [0.1, 0.15) is 34.3 Å². The van der Waals surface area contributed by atoms with Crippen molar-refractivity contribution in [2.45, 2.75) is 25.6 Å². The number of carbonyl (C=O) groups is 2. The summed E-state index contributed by atoms with van der Waals surface area (Å²) in [7, 11) is 0. The highest BCUT2D eigenvalue weighted by Gasteiger charge is 2.44. The molecule has 1 saturated heterocycles. The van der Waals surface area contributed by atoms with Crippen molar-refractivity contribution in [1.82, 2.24) is 10.3 Å². The second kappa shape index (κ2) is 10.7. The number of Topliss-reactive ketones (excluding diaryl/α,β-unsaturated/α-hetero) is 1. The third-order valence-corrected chi connectivity index (χ3v) is 6.22. The second-order valence-corrected chi connectivity index (χ2v) is 8.99. The Morgan fingerprint density at radius 3 is 2.53 bits per heavy atom. The smallest absolute Gasteiger partial charge is 0.397 e. The largest absolute Gasteiger partial charge is 0.418 e. The Bertz CT molecular complexity index is 1360. The molecule has 1 fully saturated rings. The maximum atomic E-state index is 14.8. The summed E-state index contributed by atoms with van der Waals surface area (Å²) in [6, 6.07) is 7.18. The number of aromatic nitrogens is 1. The Labute approximate surface area is 214 Å². The number of nitrogens with one attached hydrogen (secondary N) is 2. The van der Waals surface area contributed by atoms with Gasteiger partial charge < -0.3 is 21.1 Å². The first-order chi connectivity index (χ1) is 18.0. The Balaban J connectivity index is 1.44. The average molecular weight is 534 g/mol. The summed E-state index contributed by atoms with van der Waals surface area (Å²) in [6.07, 6.45) is -1.95. The van der Waals surface area contributed by atoms with Crippen LogP contribution in [0.2, 0.25) is 0 Å². The topological polar surface area (TPSA) is 106 Å². The number of pyridine rings is 1. The summed E-state index contributed by atoms with van der Waals surface area (Å²) in [5.74, 6) is -2.68. The molecule has 1 aliphatic heterocycles. The van der Waals surface area contributed by atoms with Gasteiger partial charge in [0.1, 0.15) is 11.6 Å². The van der Waals surface area contributed by atoms with Crippen molar-refractivity contribution in [2.75, 3.05) is 24.3 Å². The van der Waals surface area contributed by atoms with E-state index in [0.29, 0.717) is 11.8 Å². The lowest BCUT2D eigenvalue weighted by molar-refractivity contribution is -0.137. The quantitative estimate of drug-likeness (QED) is 0.278. The van der Waals surface area contributed by atoms with Gasteiger partial charge in [-0.25, -0.2) is 8.78 Å². The molecule has 1 aliphatic rings. The highest BCUT2D eigenvalue weighted by Crippen LogP contribution is 2.37. The van der Waals surface area contributed by atoms with E-state index in [2.05, 4.69) is 15.6 Å². The number of hydrogen-bond acceptors (Lipinski definition) is 6. The van der Waals surface area contributed by atoms with Gasteiger partial charge in [-0.2, -0.15) is 13.2 Å². The number of nitrogens with two attached hydrogens (primary N) is 1. The first-order valence-electron chi connectivity index (χ1n) is 11.5. The van der Waals surface area contributed by atoms with Gasteiger partial charge in [0.05, 0.1) is 29.0 Å². The number of halogens is 5. The zero-order valence-electron chi connectivity index (χ0n) is 19.9. The van der Waals surface area contributed by atoms with Crippen molar-refractivity contribution in [1.29, 1.82) is 0 Å².